The molecule has 1 amide bonds. The Kier molecular flexibility index (Phi) is 2.90. The number of rotatable bonds is 3. The Balaban J connectivity index is 2.12. The van der Waals surface area contributed by atoms with E-state index in [9.17, 15) is 9.59 Å². The summed E-state index contributed by atoms with van der Waals surface area (Å²) in [4.78, 5) is 23.7. The largest absolute Gasteiger partial charge is 0.481 e. The topological polar surface area (TPSA) is 57.6 Å². The summed E-state index contributed by atoms with van der Waals surface area (Å²) in [6.07, 6.45) is 1.53. The Morgan fingerprint density at radius 3 is 2.50 bits per heavy atom. The molecular formula is C12H13NO3. The molecular weight excluding hydrogens is 206 g/mol. The third kappa shape index (κ3) is 2.21. The molecule has 16 heavy (non-hydrogen) atoms. The van der Waals surface area contributed by atoms with Gasteiger partial charge in [-0.15, -0.1) is 0 Å². The molecule has 0 spiro atoms. The minimum atomic E-state index is -0.843. The molecule has 1 fully saturated rings. The number of carboxylic acid groups (broad SMARTS) is 1. The zero-order valence-corrected chi connectivity index (χ0v) is 8.85. The van der Waals surface area contributed by atoms with Gasteiger partial charge in [-0.25, -0.2) is 0 Å². The quantitative estimate of drug-likeness (QED) is 0.836. The van der Waals surface area contributed by atoms with Crippen LogP contribution in [0.1, 0.15) is 18.4 Å². The summed E-state index contributed by atoms with van der Waals surface area (Å²) in [6, 6.07) is 7.13. The number of benzene rings is 1. The van der Waals surface area contributed by atoms with Crippen molar-refractivity contribution in [3.05, 3.63) is 29.8 Å². The summed E-state index contributed by atoms with van der Waals surface area (Å²) in [5.41, 5.74) is 1.61. The average molecular weight is 219 g/mol. The van der Waals surface area contributed by atoms with Crippen molar-refractivity contribution in [1.82, 2.24) is 0 Å². The van der Waals surface area contributed by atoms with Gasteiger partial charge >= 0.3 is 5.97 Å². The first-order valence-corrected chi connectivity index (χ1v) is 5.28. The van der Waals surface area contributed by atoms with Gasteiger partial charge in [0.2, 0.25) is 5.91 Å². The normalized spacial score (nSPS) is 15.5. The third-order valence-corrected chi connectivity index (χ3v) is 2.68. The molecule has 4 nitrogen and oxygen atoms in total. The fourth-order valence-corrected chi connectivity index (χ4v) is 1.89. The monoisotopic (exact) mass is 219 g/mol. The zero-order chi connectivity index (χ0) is 11.5. The smallest absolute Gasteiger partial charge is 0.307 e. The number of carbonyl (C=O) groups excluding carboxylic acids is 1. The second-order valence-electron chi connectivity index (χ2n) is 3.89. The molecule has 4 heteroatoms. The van der Waals surface area contributed by atoms with Gasteiger partial charge < -0.3 is 10.0 Å². The Morgan fingerprint density at radius 2 is 2.00 bits per heavy atom. The summed E-state index contributed by atoms with van der Waals surface area (Å²) in [7, 11) is 0. The lowest BCUT2D eigenvalue weighted by Crippen LogP contribution is -2.23. The van der Waals surface area contributed by atoms with Crippen LogP contribution in [-0.2, 0) is 16.0 Å². The Bertz CT molecular complexity index is 411. The van der Waals surface area contributed by atoms with Crippen molar-refractivity contribution in [3.63, 3.8) is 0 Å². The Morgan fingerprint density at radius 1 is 1.31 bits per heavy atom. The first kappa shape index (κ1) is 10.7. The first-order chi connectivity index (χ1) is 7.66. The Hall–Kier alpha value is -1.84. The number of hydrogen-bond donors (Lipinski definition) is 1. The Labute approximate surface area is 93.5 Å². The summed E-state index contributed by atoms with van der Waals surface area (Å²) in [6.45, 7) is 0.761. The minimum absolute atomic E-state index is 0.0221. The summed E-state index contributed by atoms with van der Waals surface area (Å²) >= 11 is 0. The molecule has 1 aliphatic heterocycles. The van der Waals surface area contributed by atoms with Crippen molar-refractivity contribution < 1.29 is 14.7 Å². The van der Waals surface area contributed by atoms with E-state index >= 15 is 0 Å². The van der Waals surface area contributed by atoms with Gasteiger partial charge in [0.25, 0.3) is 0 Å². The average Bonchev–Trinajstić information content (AvgIpc) is 2.65. The van der Waals surface area contributed by atoms with Gasteiger partial charge in [-0.2, -0.15) is 0 Å². The van der Waals surface area contributed by atoms with Crippen LogP contribution in [0.5, 0.6) is 0 Å². The van der Waals surface area contributed by atoms with E-state index in [0.717, 1.165) is 24.2 Å². The van der Waals surface area contributed by atoms with Crippen LogP contribution >= 0.6 is 0 Å². The molecule has 0 unspecified atom stereocenters. The van der Waals surface area contributed by atoms with Gasteiger partial charge in [0.05, 0.1) is 6.42 Å². The number of nitrogens with zero attached hydrogens (tertiary/aromatic N) is 1. The van der Waals surface area contributed by atoms with Gasteiger partial charge in [-0.3, -0.25) is 9.59 Å². The molecule has 1 N–H and O–H groups in total. The lowest BCUT2D eigenvalue weighted by Gasteiger charge is -2.15. The summed E-state index contributed by atoms with van der Waals surface area (Å²) in [5, 5.41) is 8.63. The van der Waals surface area contributed by atoms with Crippen LogP contribution in [0.3, 0.4) is 0 Å². The molecule has 0 atom stereocenters. The third-order valence-electron chi connectivity index (χ3n) is 2.68. The maximum absolute atomic E-state index is 11.5. The van der Waals surface area contributed by atoms with E-state index < -0.39 is 5.97 Å². The minimum Gasteiger partial charge on any atom is -0.481 e. The number of carbonyl (C=O) groups is 2. The highest BCUT2D eigenvalue weighted by Crippen LogP contribution is 2.21. The van der Waals surface area contributed by atoms with Gasteiger partial charge in [-0.1, -0.05) is 12.1 Å². The van der Waals surface area contributed by atoms with Gasteiger partial charge in [0.1, 0.15) is 0 Å². The van der Waals surface area contributed by atoms with Crippen molar-refractivity contribution in [2.24, 2.45) is 0 Å². The highest BCUT2D eigenvalue weighted by molar-refractivity contribution is 5.95. The number of amides is 1. The predicted molar refractivity (Wildman–Crippen MR) is 59.4 cm³/mol. The standard InChI is InChI=1S/C12H13NO3/c14-11-2-1-7-13(11)10-5-3-9(4-6-10)8-12(15)16/h3-6H,1-2,7-8H2,(H,15,16). The van der Waals surface area contributed by atoms with Crippen LogP contribution < -0.4 is 4.90 Å². The van der Waals surface area contributed by atoms with Gasteiger partial charge in [0.15, 0.2) is 0 Å². The molecule has 2 rings (SSSR count). The van der Waals surface area contributed by atoms with Crippen molar-refractivity contribution in [1.29, 1.82) is 0 Å². The van der Waals surface area contributed by atoms with E-state index in [2.05, 4.69) is 0 Å². The second-order valence-corrected chi connectivity index (χ2v) is 3.89. The van der Waals surface area contributed by atoms with Crippen LogP contribution in [0.15, 0.2) is 24.3 Å². The predicted octanol–water partition coefficient (Wildman–Crippen LogP) is 1.44. The van der Waals surface area contributed by atoms with Crippen molar-refractivity contribution in [2.45, 2.75) is 19.3 Å². The first-order valence-electron chi connectivity index (χ1n) is 5.28. The molecule has 0 radical (unpaired) electrons. The van der Waals surface area contributed by atoms with Crippen LogP contribution in [0.25, 0.3) is 0 Å². The van der Waals surface area contributed by atoms with Crippen LogP contribution in [-0.4, -0.2) is 23.5 Å². The SMILES string of the molecule is O=C(O)Cc1ccc(N2CCCC2=O)cc1. The number of hydrogen-bond acceptors (Lipinski definition) is 2. The van der Waals surface area contributed by atoms with Crippen LogP contribution in [0, 0.1) is 0 Å². The number of carboxylic acids is 1. The number of anilines is 1. The van der Waals surface area contributed by atoms with E-state index in [0.29, 0.717) is 6.42 Å². The van der Waals surface area contributed by atoms with Crippen LogP contribution in [0.2, 0.25) is 0 Å². The van der Waals surface area contributed by atoms with E-state index in [4.69, 9.17) is 5.11 Å². The second kappa shape index (κ2) is 4.35. The molecule has 1 aromatic carbocycles. The molecule has 1 heterocycles. The van der Waals surface area contributed by atoms with E-state index in [1.165, 1.54) is 0 Å². The van der Waals surface area contributed by atoms with Crippen molar-refractivity contribution >= 4 is 17.6 Å². The lowest BCUT2D eigenvalue weighted by molar-refractivity contribution is -0.136. The molecule has 1 aliphatic rings. The van der Waals surface area contributed by atoms with Crippen molar-refractivity contribution in [3.8, 4) is 0 Å². The molecule has 0 aliphatic carbocycles. The summed E-state index contributed by atoms with van der Waals surface area (Å²) < 4.78 is 0. The molecule has 0 saturated carbocycles. The van der Waals surface area contributed by atoms with E-state index in [1.807, 2.05) is 12.1 Å². The highest BCUT2D eigenvalue weighted by atomic mass is 16.4. The molecule has 0 bridgehead atoms. The van der Waals surface area contributed by atoms with E-state index in [1.54, 1.807) is 17.0 Å². The maximum Gasteiger partial charge on any atom is 0.307 e. The summed E-state index contributed by atoms with van der Waals surface area (Å²) in [5.74, 6) is -0.698. The molecule has 84 valence electrons. The maximum atomic E-state index is 11.5. The van der Waals surface area contributed by atoms with Crippen molar-refractivity contribution in [2.75, 3.05) is 11.4 Å². The fraction of sp³-hybridized carbons (Fsp3) is 0.333. The number of aliphatic carboxylic acids is 1. The van der Waals surface area contributed by atoms with Gasteiger partial charge in [-0.05, 0) is 24.1 Å². The zero-order valence-electron chi connectivity index (χ0n) is 8.85. The fourth-order valence-electron chi connectivity index (χ4n) is 1.89. The highest BCUT2D eigenvalue weighted by Gasteiger charge is 2.21. The van der Waals surface area contributed by atoms with Crippen LogP contribution in [0.4, 0.5) is 5.69 Å². The lowest BCUT2D eigenvalue weighted by atomic mass is 10.1. The molecule has 1 saturated heterocycles. The van der Waals surface area contributed by atoms with Gasteiger partial charge in [0, 0.05) is 18.7 Å². The molecule has 0 aromatic heterocycles. The van der Waals surface area contributed by atoms with E-state index in [-0.39, 0.29) is 12.3 Å². The molecule has 1 aromatic rings.